The molecule has 0 aliphatic carbocycles. The second-order valence-electron chi connectivity index (χ2n) is 6.41. The molecule has 6 heteroatoms. The van der Waals surface area contributed by atoms with E-state index in [0.717, 1.165) is 17.9 Å². The molecule has 134 valence electrons. The molecule has 0 spiro atoms. The third kappa shape index (κ3) is 3.35. The largest absolute Gasteiger partial charge is 0.486 e. The van der Waals surface area contributed by atoms with Crippen LogP contribution in [0.4, 0.5) is 5.69 Å². The first-order chi connectivity index (χ1) is 12.7. The Bertz CT molecular complexity index is 836. The molecule has 1 saturated heterocycles. The Morgan fingerprint density at radius 2 is 2.00 bits per heavy atom. The van der Waals surface area contributed by atoms with Crippen molar-refractivity contribution < 1.29 is 19.1 Å². The molecule has 2 amide bonds. The number of anilines is 1. The predicted molar refractivity (Wildman–Crippen MR) is 96.7 cm³/mol. The van der Waals surface area contributed by atoms with Gasteiger partial charge < -0.3 is 19.7 Å². The Balaban J connectivity index is 1.38. The van der Waals surface area contributed by atoms with Gasteiger partial charge in [-0.25, -0.2) is 0 Å². The Morgan fingerprint density at radius 3 is 2.81 bits per heavy atom. The van der Waals surface area contributed by atoms with Crippen LogP contribution in [0.1, 0.15) is 23.2 Å². The molecule has 0 unspecified atom stereocenters. The van der Waals surface area contributed by atoms with Crippen LogP contribution in [0.5, 0.6) is 11.5 Å². The fourth-order valence-corrected chi connectivity index (χ4v) is 3.21. The first kappa shape index (κ1) is 16.4. The zero-order chi connectivity index (χ0) is 17.9. The zero-order valence-electron chi connectivity index (χ0n) is 14.3. The van der Waals surface area contributed by atoms with Gasteiger partial charge in [0, 0.05) is 24.2 Å². The van der Waals surface area contributed by atoms with Crippen LogP contribution in [0.25, 0.3) is 0 Å². The standard InChI is InChI=1S/C20H20N2O4/c23-19-9-4-10-22(19)15-6-3-5-14(11-15)20(24)21-12-16-13-25-17-7-1-2-8-18(17)26-16/h1-3,5-8,11,16H,4,9-10,12-13H2,(H,21,24)/t16-/m1/s1. The number of fused-ring (bicyclic) bond motifs is 1. The van der Waals surface area contributed by atoms with E-state index >= 15 is 0 Å². The van der Waals surface area contributed by atoms with Crippen LogP contribution >= 0.6 is 0 Å². The van der Waals surface area contributed by atoms with Gasteiger partial charge >= 0.3 is 0 Å². The third-order valence-corrected chi connectivity index (χ3v) is 4.55. The van der Waals surface area contributed by atoms with Gasteiger partial charge in [0.15, 0.2) is 11.5 Å². The number of rotatable bonds is 4. The van der Waals surface area contributed by atoms with Gasteiger partial charge in [-0.05, 0) is 36.8 Å². The van der Waals surface area contributed by atoms with Crippen LogP contribution in [0, 0.1) is 0 Å². The Hall–Kier alpha value is -3.02. The Morgan fingerprint density at radius 1 is 1.15 bits per heavy atom. The number of amides is 2. The number of carbonyl (C=O) groups excluding carboxylic acids is 2. The average Bonchev–Trinajstić information content (AvgIpc) is 3.12. The highest BCUT2D eigenvalue weighted by Gasteiger charge is 2.23. The summed E-state index contributed by atoms with van der Waals surface area (Å²) in [7, 11) is 0. The van der Waals surface area contributed by atoms with E-state index in [4.69, 9.17) is 9.47 Å². The number of para-hydroxylation sites is 2. The van der Waals surface area contributed by atoms with Gasteiger partial charge in [-0.1, -0.05) is 18.2 Å². The molecule has 2 heterocycles. The summed E-state index contributed by atoms with van der Waals surface area (Å²) in [5.74, 6) is 1.32. The van der Waals surface area contributed by atoms with Gasteiger partial charge in [0.05, 0.1) is 6.54 Å². The van der Waals surface area contributed by atoms with Crippen LogP contribution in [-0.2, 0) is 4.79 Å². The van der Waals surface area contributed by atoms with E-state index in [-0.39, 0.29) is 17.9 Å². The lowest BCUT2D eigenvalue weighted by atomic mass is 10.1. The quantitative estimate of drug-likeness (QED) is 0.917. The highest BCUT2D eigenvalue weighted by molar-refractivity contribution is 5.99. The first-order valence-corrected chi connectivity index (χ1v) is 8.78. The molecular weight excluding hydrogens is 332 g/mol. The molecule has 6 nitrogen and oxygen atoms in total. The number of carbonyl (C=O) groups is 2. The molecular formula is C20H20N2O4. The van der Waals surface area contributed by atoms with E-state index in [0.29, 0.717) is 37.4 Å². The first-order valence-electron chi connectivity index (χ1n) is 8.78. The van der Waals surface area contributed by atoms with Crippen molar-refractivity contribution in [2.45, 2.75) is 18.9 Å². The maximum absolute atomic E-state index is 12.5. The predicted octanol–water partition coefficient (Wildman–Crippen LogP) is 2.38. The van der Waals surface area contributed by atoms with Gasteiger partial charge in [0.25, 0.3) is 5.91 Å². The normalized spacial score (nSPS) is 18.7. The minimum Gasteiger partial charge on any atom is -0.486 e. The summed E-state index contributed by atoms with van der Waals surface area (Å²) >= 11 is 0. The average molecular weight is 352 g/mol. The molecule has 1 N–H and O–H groups in total. The Kier molecular flexibility index (Phi) is 4.48. The minimum absolute atomic E-state index is 0.106. The monoisotopic (exact) mass is 352 g/mol. The molecule has 0 radical (unpaired) electrons. The van der Waals surface area contributed by atoms with Crippen molar-refractivity contribution in [3.05, 3.63) is 54.1 Å². The smallest absolute Gasteiger partial charge is 0.251 e. The van der Waals surface area contributed by atoms with Crippen molar-refractivity contribution >= 4 is 17.5 Å². The molecule has 0 saturated carbocycles. The second-order valence-corrected chi connectivity index (χ2v) is 6.41. The van der Waals surface area contributed by atoms with Gasteiger partial charge in [0.2, 0.25) is 5.91 Å². The van der Waals surface area contributed by atoms with E-state index in [9.17, 15) is 9.59 Å². The molecule has 2 aliphatic heterocycles. The lowest BCUT2D eigenvalue weighted by molar-refractivity contribution is -0.117. The van der Waals surface area contributed by atoms with Crippen molar-refractivity contribution in [1.82, 2.24) is 5.32 Å². The molecule has 26 heavy (non-hydrogen) atoms. The maximum atomic E-state index is 12.5. The number of benzene rings is 2. The summed E-state index contributed by atoms with van der Waals surface area (Å²) in [4.78, 5) is 26.1. The Labute approximate surface area is 151 Å². The van der Waals surface area contributed by atoms with Crippen LogP contribution in [0.2, 0.25) is 0 Å². The van der Waals surface area contributed by atoms with Crippen LogP contribution in [0.3, 0.4) is 0 Å². The summed E-state index contributed by atoms with van der Waals surface area (Å²) in [6.07, 6.45) is 1.18. The molecule has 1 fully saturated rings. The summed E-state index contributed by atoms with van der Waals surface area (Å²) < 4.78 is 11.5. The van der Waals surface area contributed by atoms with Crippen molar-refractivity contribution in [3.63, 3.8) is 0 Å². The van der Waals surface area contributed by atoms with E-state index in [1.165, 1.54) is 0 Å². The van der Waals surface area contributed by atoms with Gasteiger partial charge in [-0.15, -0.1) is 0 Å². The third-order valence-electron chi connectivity index (χ3n) is 4.55. The van der Waals surface area contributed by atoms with Gasteiger partial charge in [-0.3, -0.25) is 9.59 Å². The van der Waals surface area contributed by atoms with E-state index in [1.807, 2.05) is 30.3 Å². The van der Waals surface area contributed by atoms with E-state index < -0.39 is 0 Å². The number of hydrogen-bond acceptors (Lipinski definition) is 4. The lowest BCUT2D eigenvalue weighted by Crippen LogP contribution is -2.40. The number of ether oxygens (including phenoxy) is 2. The van der Waals surface area contributed by atoms with Crippen molar-refractivity contribution in [2.24, 2.45) is 0 Å². The SMILES string of the molecule is O=C(NC[C@@H]1COc2ccccc2O1)c1cccc(N2CCCC2=O)c1. The number of nitrogens with one attached hydrogen (secondary N) is 1. The summed E-state index contributed by atoms with van der Waals surface area (Å²) in [6, 6.07) is 14.6. The highest BCUT2D eigenvalue weighted by Crippen LogP contribution is 2.30. The number of nitrogens with zero attached hydrogens (tertiary/aromatic N) is 1. The summed E-state index contributed by atoms with van der Waals surface area (Å²) in [5, 5.41) is 2.88. The molecule has 1 atom stereocenters. The van der Waals surface area contributed by atoms with Crippen LogP contribution in [0.15, 0.2) is 48.5 Å². The highest BCUT2D eigenvalue weighted by atomic mass is 16.6. The minimum atomic E-state index is -0.239. The number of hydrogen-bond donors (Lipinski definition) is 1. The van der Waals surface area contributed by atoms with Crippen LogP contribution in [-0.4, -0.2) is 37.6 Å². The molecule has 0 bridgehead atoms. The van der Waals surface area contributed by atoms with Crippen molar-refractivity contribution in [1.29, 1.82) is 0 Å². The maximum Gasteiger partial charge on any atom is 0.251 e. The van der Waals surface area contributed by atoms with Crippen molar-refractivity contribution in [2.75, 3.05) is 24.6 Å². The fraction of sp³-hybridized carbons (Fsp3) is 0.300. The summed E-state index contributed by atoms with van der Waals surface area (Å²) in [6.45, 7) is 1.44. The molecule has 2 aromatic carbocycles. The molecule has 0 aromatic heterocycles. The topological polar surface area (TPSA) is 67.9 Å². The summed E-state index contributed by atoms with van der Waals surface area (Å²) in [5.41, 5.74) is 1.30. The van der Waals surface area contributed by atoms with Crippen LogP contribution < -0.4 is 19.7 Å². The van der Waals surface area contributed by atoms with E-state index in [2.05, 4.69) is 5.32 Å². The van der Waals surface area contributed by atoms with E-state index in [1.54, 1.807) is 23.1 Å². The second kappa shape index (κ2) is 7.07. The van der Waals surface area contributed by atoms with Gasteiger partial charge in [-0.2, -0.15) is 0 Å². The molecule has 2 aromatic rings. The molecule has 2 aliphatic rings. The zero-order valence-corrected chi connectivity index (χ0v) is 14.3. The fourth-order valence-electron chi connectivity index (χ4n) is 3.21. The van der Waals surface area contributed by atoms with Gasteiger partial charge in [0.1, 0.15) is 12.7 Å². The molecule has 4 rings (SSSR count). The lowest BCUT2D eigenvalue weighted by Gasteiger charge is -2.26. The van der Waals surface area contributed by atoms with Crippen molar-refractivity contribution in [3.8, 4) is 11.5 Å².